The van der Waals surface area contributed by atoms with Gasteiger partial charge >= 0.3 is 5.97 Å². The Kier molecular flexibility index (Phi) is 6.34. The van der Waals surface area contributed by atoms with Gasteiger partial charge in [-0.25, -0.2) is 4.79 Å². The van der Waals surface area contributed by atoms with Crippen molar-refractivity contribution in [3.05, 3.63) is 92.0 Å². The Labute approximate surface area is 192 Å². The number of rotatable bonds is 5. The molecular weight excluding hydrogens is 458 g/mol. The summed E-state index contributed by atoms with van der Waals surface area (Å²) in [6, 6.07) is 18.2. The predicted octanol–water partition coefficient (Wildman–Crippen LogP) is 6.02. The molecule has 8 heteroatoms. The van der Waals surface area contributed by atoms with Gasteiger partial charge in [-0.2, -0.15) is 0 Å². The van der Waals surface area contributed by atoms with Crippen molar-refractivity contribution in [3.8, 4) is 5.75 Å². The first-order valence-corrected chi connectivity index (χ1v) is 11.3. The second-order valence-corrected chi connectivity index (χ2v) is 9.34. The second-order valence-electron chi connectivity index (χ2n) is 6.31. The molecule has 1 aliphatic heterocycles. The van der Waals surface area contributed by atoms with E-state index in [2.05, 4.69) is 0 Å². The van der Waals surface area contributed by atoms with Gasteiger partial charge in [-0.1, -0.05) is 78.0 Å². The average molecular weight is 472 g/mol. The average Bonchev–Trinajstić information content (AvgIpc) is 3.36. The molecule has 0 atom stereocenters. The Morgan fingerprint density at radius 2 is 1.93 bits per heavy atom. The van der Waals surface area contributed by atoms with Gasteiger partial charge in [0.05, 0.1) is 16.5 Å². The van der Waals surface area contributed by atoms with Gasteiger partial charge in [0.25, 0.3) is 5.91 Å². The van der Waals surface area contributed by atoms with Gasteiger partial charge in [-0.3, -0.25) is 9.69 Å². The number of halogens is 1. The zero-order valence-corrected chi connectivity index (χ0v) is 18.6. The molecule has 1 saturated heterocycles. The van der Waals surface area contributed by atoms with Crippen LogP contribution in [0.3, 0.4) is 0 Å². The first-order chi connectivity index (χ1) is 14.5. The highest BCUT2D eigenvalue weighted by Gasteiger charge is 2.32. The molecule has 30 heavy (non-hydrogen) atoms. The lowest BCUT2D eigenvalue weighted by atomic mass is 10.2. The Balaban J connectivity index is 1.49. The van der Waals surface area contributed by atoms with Crippen molar-refractivity contribution in [2.45, 2.75) is 6.54 Å². The number of ether oxygens (including phenoxy) is 1. The highest BCUT2D eigenvalue weighted by molar-refractivity contribution is 8.26. The number of benzene rings is 2. The molecule has 0 bridgehead atoms. The van der Waals surface area contributed by atoms with Crippen LogP contribution in [-0.2, 0) is 11.3 Å². The Morgan fingerprint density at radius 3 is 2.63 bits per heavy atom. The molecule has 3 aromatic rings. The van der Waals surface area contributed by atoms with Gasteiger partial charge in [0, 0.05) is 0 Å². The van der Waals surface area contributed by atoms with E-state index in [0.29, 0.717) is 20.6 Å². The van der Waals surface area contributed by atoms with Gasteiger partial charge in [-0.15, -0.1) is 11.3 Å². The molecule has 0 unspecified atom stereocenters. The van der Waals surface area contributed by atoms with E-state index in [1.54, 1.807) is 46.7 Å². The van der Waals surface area contributed by atoms with E-state index < -0.39 is 5.97 Å². The molecule has 1 aliphatic rings. The van der Waals surface area contributed by atoms with E-state index in [1.807, 2.05) is 30.3 Å². The van der Waals surface area contributed by atoms with Crippen molar-refractivity contribution in [1.82, 2.24) is 4.90 Å². The van der Waals surface area contributed by atoms with E-state index in [1.165, 1.54) is 23.1 Å². The molecule has 4 nitrogen and oxygen atoms in total. The maximum absolute atomic E-state index is 12.8. The molecule has 0 spiro atoms. The number of thiocarbonyl (C=S) groups is 1. The number of nitrogens with zero attached hydrogens (tertiary/aromatic N) is 1. The minimum atomic E-state index is -0.457. The quantitative estimate of drug-likeness (QED) is 0.197. The topological polar surface area (TPSA) is 46.6 Å². The predicted molar refractivity (Wildman–Crippen MR) is 126 cm³/mol. The fourth-order valence-corrected chi connectivity index (χ4v) is 4.87. The fraction of sp³-hybridized carbons (Fsp3) is 0.0455. The lowest BCUT2D eigenvalue weighted by molar-refractivity contribution is -0.122. The normalized spacial score (nSPS) is 15.1. The summed E-state index contributed by atoms with van der Waals surface area (Å²) in [5.41, 5.74) is 1.73. The summed E-state index contributed by atoms with van der Waals surface area (Å²) >= 11 is 14.2. The van der Waals surface area contributed by atoms with Crippen molar-refractivity contribution in [2.75, 3.05) is 0 Å². The van der Waals surface area contributed by atoms with Crippen LogP contribution in [0, 0.1) is 0 Å². The maximum atomic E-state index is 12.8. The number of thiophene rings is 1. The summed E-state index contributed by atoms with van der Waals surface area (Å²) < 4.78 is 5.87. The van der Waals surface area contributed by atoms with Gasteiger partial charge in [0.1, 0.15) is 14.9 Å². The number of esters is 1. The van der Waals surface area contributed by atoms with Gasteiger partial charge in [-0.05, 0) is 40.8 Å². The fourth-order valence-electron chi connectivity index (χ4n) is 2.79. The summed E-state index contributed by atoms with van der Waals surface area (Å²) in [5, 5.41) is 2.09. The lowest BCUT2D eigenvalue weighted by Crippen LogP contribution is -2.27. The van der Waals surface area contributed by atoms with Crippen molar-refractivity contribution in [2.24, 2.45) is 0 Å². The third-order valence-electron chi connectivity index (χ3n) is 4.24. The minimum Gasteiger partial charge on any atom is -0.421 e. The molecule has 0 N–H and O–H groups in total. The molecule has 2 heterocycles. The zero-order valence-electron chi connectivity index (χ0n) is 15.4. The first kappa shape index (κ1) is 20.8. The zero-order chi connectivity index (χ0) is 21.1. The van der Waals surface area contributed by atoms with E-state index in [4.69, 9.17) is 28.6 Å². The van der Waals surface area contributed by atoms with E-state index >= 15 is 0 Å². The Morgan fingerprint density at radius 1 is 1.13 bits per heavy atom. The molecule has 1 fully saturated rings. The van der Waals surface area contributed by atoms with Crippen LogP contribution in [0.5, 0.6) is 5.75 Å². The van der Waals surface area contributed by atoms with Gasteiger partial charge in [0.2, 0.25) is 0 Å². The number of thioether (sulfide) groups is 1. The van der Waals surface area contributed by atoms with Crippen LogP contribution in [0.2, 0.25) is 5.02 Å². The van der Waals surface area contributed by atoms with Crippen molar-refractivity contribution in [1.29, 1.82) is 0 Å². The minimum absolute atomic E-state index is 0.141. The maximum Gasteiger partial charge on any atom is 0.353 e. The molecular formula is C22H14ClNO3S3. The molecule has 1 amide bonds. The summed E-state index contributed by atoms with van der Waals surface area (Å²) in [4.78, 5) is 27.5. The Hall–Kier alpha value is -2.45. The molecule has 0 saturated carbocycles. The molecule has 4 rings (SSSR count). The summed E-state index contributed by atoms with van der Waals surface area (Å²) in [6.45, 7) is 0.432. The summed E-state index contributed by atoms with van der Waals surface area (Å²) in [5.74, 6) is -0.330. The van der Waals surface area contributed by atoms with Crippen molar-refractivity contribution >= 4 is 69.2 Å². The number of hydrogen-bond donors (Lipinski definition) is 0. The van der Waals surface area contributed by atoms with Crippen molar-refractivity contribution in [3.63, 3.8) is 0 Å². The number of carbonyl (C=O) groups is 2. The smallest absolute Gasteiger partial charge is 0.353 e. The number of amides is 1. The third-order valence-corrected chi connectivity index (χ3v) is 6.76. The van der Waals surface area contributed by atoms with Gasteiger partial charge in [0.15, 0.2) is 0 Å². The molecule has 150 valence electrons. The summed E-state index contributed by atoms with van der Waals surface area (Å²) in [6.07, 6.45) is 1.74. The second kappa shape index (κ2) is 9.14. The van der Waals surface area contributed by atoms with Crippen molar-refractivity contribution < 1.29 is 14.3 Å². The van der Waals surface area contributed by atoms with E-state index in [-0.39, 0.29) is 16.7 Å². The lowest BCUT2D eigenvalue weighted by Gasteiger charge is -2.14. The number of carbonyl (C=O) groups excluding carboxylic acids is 2. The van der Waals surface area contributed by atoms with Crippen LogP contribution in [0.15, 0.2) is 70.9 Å². The monoisotopic (exact) mass is 471 g/mol. The SMILES string of the molecule is O=C(Oc1ccc(/C=C2\SC(=S)N(Cc3ccccc3)C2=O)cc1Cl)c1cccs1. The highest BCUT2D eigenvalue weighted by Crippen LogP contribution is 2.35. The van der Waals surface area contributed by atoms with E-state index in [9.17, 15) is 9.59 Å². The molecule has 1 aromatic heterocycles. The first-order valence-electron chi connectivity index (χ1n) is 8.86. The largest absolute Gasteiger partial charge is 0.421 e. The van der Waals surface area contributed by atoms with Crippen LogP contribution < -0.4 is 4.74 Å². The highest BCUT2D eigenvalue weighted by atomic mass is 35.5. The van der Waals surface area contributed by atoms with Crippen LogP contribution >= 0.6 is 46.9 Å². The van der Waals surface area contributed by atoms with Crippen LogP contribution in [-0.4, -0.2) is 21.1 Å². The summed E-state index contributed by atoms with van der Waals surface area (Å²) in [7, 11) is 0. The standard InChI is InChI=1S/C22H14ClNO3S3/c23-16-11-15(8-9-17(16)27-21(26)18-7-4-10-29-18)12-19-20(25)24(22(28)30-19)13-14-5-2-1-3-6-14/h1-12H,13H2/b19-12-. The Bertz CT molecular complexity index is 1140. The number of hydrogen-bond acceptors (Lipinski definition) is 6. The van der Waals surface area contributed by atoms with Crippen LogP contribution in [0.1, 0.15) is 20.8 Å². The molecule has 0 radical (unpaired) electrons. The van der Waals surface area contributed by atoms with Gasteiger partial charge < -0.3 is 4.74 Å². The van der Waals surface area contributed by atoms with E-state index in [0.717, 1.165) is 11.1 Å². The molecule has 2 aromatic carbocycles. The van der Waals surface area contributed by atoms with Crippen LogP contribution in [0.25, 0.3) is 6.08 Å². The molecule has 0 aliphatic carbocycles. The van der Waals surface area contributed by atoms with Crippen LogP contribution in [0.4, 0.5) is 0 Å². The third kappa shape index (κ3) is 4.65.